The lowest BCUT2D eigenvalue weighted by atomic mass is 10.1. The first-order valence-corrected chi connectivity index (χ1v) is 4.62. The van der Waals surface area contributed by atoms with Crippen LogP contribution in [-0.4, -0.2) is 11.9 Å². The molecular formula is C11H14N2. The molecule has 0 bridgehead atoms. The van der Waals surface area contributed by atoms with Gasteiger partial charge in [0.05, 0.1) is 11.9 Å². The predicted octanol–water partition coefficient (Wildman–Crippen LogP) is 1.92. The van der Waals surface area contributed by atoms with Crippen LogP contribution >= 0.6 is 0 Å². The minimum atomic E-state index is 0.437. The summed E-state index contributed by atoms with van der Waals surface area (Å²) >= 11 is 0. The fourth-order valence-corrected chi connectivity index (χ4v) is 1.64. The smallest absolute Gasteiger partial charge is 0.0909 e. The molecule has 2 N–H and O–H groups in total. The average Bonchev–Trinajstić information content (AvgIpc) is 2.84. The maximum Gasteiger partial charge on any atom is 0.0909 e. The highest BCUT2D eigenvalue weighted by molar-refractivity contribution is 5.77. The standard InChI is InChI=1S/C11H14N2/c1-8(12)13-11-7-10(11)9-5-3-2-4-6-9/h2-6,10-11H,7H2,1H3,(H2,12,13). The minimum Gasteiger partial charge on any atom is -0.388 e. The van der Waals surface area contributed by atoms with Crippen molar-refractivity contribution >= 4 is 5.84 Å². The summed E-state index contributed by atoms with van der Waals surface area (Å²) in [6.07, 6.45) is 1.15. The second-order valence-electron chi connectivity index (χ2n) is 3.59. The van der Waals surface area contributed by atoms with Crippen molar-refractivity contribution in [3.05, 3.63) is 35.9 Å². The minimum absolute atomic E-state index is 0.437. The highest BCUT2D eigenvalue weighted by atomic mass is 14.9. The van der Waals surface area contributed by atoms with Crippen molar-refractivity contribution in [3.63, 3.8) is 0 Å². The highest BCUT2D eigenvalue weighted by Crippen LogP contribution is 2.43. The molecule has 0 aromatic heterocycles. The molecule has 0 amide bonds. The quantitative estimate of drug-likeness (QED) is 0.540. The maximum absolute atomic E-state index is 5.52. The zero-order chi connectivity index (χ0) is 9.26. The summed E-state index contributed by atoms with van der Waals surface area (Å²) in [5.74, 6) is 1.31. The number of benzene rings is 1. The average molecular weight is 174 g/mol. The third-order valence-corrected chi connectivity index (χ3v) is 2.35. The Bertz CT molecular complexity index is 312. The lowest BCUT2D eigenvalue weighted by Crippen LogP contribution is -2.06. The number of amidine groups is 1. The van der Waals surface area contributed by atoms with Gasteiger partial charge in [0.1, 0.15) is 0 Å². The molecule has 0 spiro atoms. The van der Waals surface area contributed by atoms with E-state index in [1.807, 2.05) is 13.0 Å². The molecule has 2 rings (SSSR count). The van der Waals surface area contributed by atoms with Gasteiger partial charge >= 0.3 is 0 Å². The van der Waals surface area contributed by atoms with E-state index in [1.54, 1.807) is 0 Å². The summed E-state index contributed by atoms with van der Waals surface area (Å²) in [5.41, 5.74) is 6.91. The molecule has 0 heterocycles. The van der Waals surface area contributed by atoms with Gasteiger partial charge in [-0.25, -0.2) is 0 Å². The summed E-state index contributed by atoms with van der Waals surface area (Å²) in [6.45, 7) is 1.85. The second kappa shape index (κ2) is 3.21. The third kappa shape index (κ3) is 1.89. The van der Waals surface area contributed by atoms with Gasteiger partial charge in [-0.3, -0.25) is 4.99 Å². The monoisotopic (exact) mass is 174 g/mol. The predicted molar refractivity (Wildman–Crippen MR) is 54.9 cm³/mol. The van der Waals surface area contributed by atoms with Crippen molar-refractivity contribution in [1.82, 2.24) is 0 Å². The molecule has 0 aliphatic heterocycles. The number of hydrogen-bond acceptors (Lipinski definition) is 1. The van der Waals surface area contributed by atoms with Crippen molar-refractivity contribution in [3.8, 4) is 0 Å². The first-order chi connectivity index (χ1) is 6.27. The summed E-state index contributed by atoms with van der Waals surface area (Å²) in [5, 5.41) is 0. The normalized spacial score (nSPS) is 27.3. The van der Waals surface area contributed by atoms with Crippen molar-refractivity contribution < 1.29 is 0 Å². The third-order valence-electron chi connectivity index (χ3n) is 2.35. The molecule has 0 radical (unpaired) electrons. The molecule has 2 nitrogen and oxygen atoms in total. The summed E-state index contributed by atoms with van der Waals surface area (Å²) in [6, 6.07) is 10.9. The molecule has 1 aromatic carbocycles. The van der Waals surface area contributed by atoms with Crippen molar-refractivity contribution in [2.45, 2.75) is 25.3 Å². The summed E-state index contributed by atoms with van der Waals surface area (Å²) in [4.78, 5) is 4.34. The van der Waals surface area contributed by atoms with Crippen LogP contribution in [0.2, 0.25) is 0 Å². The molecule has 2 atom stereocenters. The molecule has 1 saturated carbocycles. The number of nitrogens with zero attached hydrogens (tertiary/aromatic N) is 1. The second-order valence-corrected chi connectivity index (χ2v) is 3.59. The van der Waals surface area contributed by atoms with Crippen LogP contribution < -0.4 is 5.73 Å². The molecule has 1 aliphatic carbocycles. The van der Waals surface area contributed by atoms with Gasteiger partial charge in [0.25, 0.3) is 0 Å². The summed E-state index contributed by atoms with van der Waals surface area (Å²) < 4.78 is 0. The van der Waals surface area contributed by atoms with E-state index in [0.717, 1.165) is 6.42 Å². The van der Waals surface area contributed by atoms with E-state index in [1.165, 1.54) is 5.56 Å². The van der Waals surface area contributed by atoms with Gasteiger partial charge in [-0.1, -0.05) is 30.3 Å². The first-order valence-electron chi connectivity index (χ1n) is 4.62. The van der Waals surface area contributed by atoms with E-state index in [9.17, 15) is 0 Å². The molecule has 68 valence electrons. The van der Waals surface area contributed by atoms with Gasteiger partial charge < -0.3 is 5.73 Å². The zero-order valence-corrected chi connectivity index (χ0v) is 7.77. The molecule has 13 heavy (non-hydrogen) atoms. The van der Waals surface area contributed by atoms with E-state index >= 15 is 0 Å². The molecular weight excluding hydrogens is 160 g/mol. The number of hydrogen-bond donors (Lipinski definition) is 1. The van der Waals surface area contributed by atoms with Gasteiger partial charge in [-0.2, -0.15) is 0 Å². The van der Waals surface area contributed by atoms with Gasteiger partial charge in [0, 0.05) is 5.92 Å². The lowest BCUT2D eigenvalue weighted by molar-refractivity contribution is 0.984. The lowest BCUT2D eigenvalue weighted by Gasteiger charge is -1.96. The van der Waals surface area contributed by atoms with Crippen LogP contribution in [0.5, 0.6) is 0 Å². The van der Waals surface area contributed by atoms with E-state index in [0.29, 0.717) is 17.8 Å². The maximum atomic E-state index is 5.52. The van der Waals surface area contributed by atoms with Gasteiger partial charge in [0.2, 0.25) is 0 Å². The van der Waals surface area contributed by atoms with Crippen LogP contribution in [0.1, 0.15) is 24.8 Å². The van der Waals surface area contributed by atoms with E-state index < -0.39 is 0 Å². The SMILES string of the molecule is CC(N)=NC1CC1c1ccccc1. The Hall–Kier alpha value is -1.31. The molecule has 0 saturated heterocycles. The van der Waals surface area contributed by atoms with Crippen molar-refractivity contribution in [2.75, 3.05) is 0 Å². The fourth-order valence-electron chi connectivity index (χ4n) is 1.64. The molecule has 2 heteroatoms. The van der Waals surface area contributed by atoms with Gasteiger partial charge in [-0.15, -0.1) is 0 Å². The van der Waals surface area contributed by atoms with E-state index in [4.69, 9.17) is 5.73 Å². The molecule has 1 fully saturated rings. The Morgan fingerprint density at radius 3 is 2.69 bits per heavy atom. The molecule has 1 aliphatic rings. The zero-order valence-electron chi connectivity index (χ0n) is 7.77. The Morgan fingerprint density at radius 2 is 2.08 bits per heavy atom. The fraction of sp³-hybridized carbons (Fsp3) is 0.364. The number of nitrogens with two attached hydrogens (primary N) is 1. The van der Waals surface area contributed by atoms with E-state index in [2.05, 4.69) is 29.3 Å². The van der Waals surface area contributed by atoms with Crippen LogP contribution in [-0.2, 0) is 0 Å². The largest absolute Gasteiger partial charge is 0.388 e. The van der Waals surface area contributed by atoms with Crippen LogP contribution in [0, 0.1) is 0 Å². The Labute approximate surface area is 78.5 Å². The Balaban J connectivity index is 2.05. The van der Waals surface area contributed by atoms with Crippen LogP contribution in [0.25, 0.3) is 0 Å². The van der Waals surface area contributed by atoms with Crippen LogP contribution in [0.15, 0.2) is 35.3 Å². The van der Waals surface area contributed by atoms with Crippen molar-refractivity contribution in [1.29, 1.82) is 0 Å². The van der Waals surface area contributed by atoms with Crippen LogP contribution in [0.3, 0.4) is 0 Å². The summed E-state index contributed by atoms with van der Waals surface area (Å²) in [7, 11) is 0. The number of rotatable bonds is 2. The Kier molecular flexibility index (Phi) is 2.05. The first kappa shape index (κ1) is 8.30. The Morgan fingerprint density at radius 1 is 1.38 bits per heavy atom. The van der Waals surface area contributed by atoms with Crippen LogP contribution in [0.4, 0.5) is 0 Å². The topological polar surface area (TPSA) is 38.4 Å². The number of aliphatic imine (C=N–C) groups is 1. The molecule has 2 unspecified atom stereocenters. The van der Waals surface area contributed by atoms with Crippen molar-refractivity contribution in [2.24, 2.45) is 10.7 Å². The highest BCUT2D eigenvalue weighted by Gasteiger charge is 2.37. The van der Waals surface area contributed by atoms with E-state index in [-0.39, 0.29) is 0 Å². The van der Waals surface area contributed by atoms with Gasteiger partial charge in [-0.05, 0) is 18.9 Å². The molecule has 1 aromatic rings. The van der Waals surface area contributed by atoms with Gasteiger partial charge in [0.15, 0.2) is 0 Å².